The zero-order chi connectivity index (χ0) is 15.3. The van der Waals surface area contributed by atoms with Crippen LogP contribution in [0.25, 0.3) is 0 Å². The third kappa shape index (κ3) is 3.43. The molecule has 108 valence electrons. The Balaban J connectivity index is 5.31. The van der Waals surface area contributed by atoms with Crippen LogP contribution in [0, 0.1) is 28.1 Å². The van der Waals surface area contributed by atoms with Crippen molar-refractivity contribution in [1.29, 1.82) is 5.26 Å². The summed E-state index contributed by atoms with van der Waals surface area (Å²) >= 11 is 0. The molecule has 0 aliphatic carbocycles. The Bertz CT molecular complexity index is 388. The summed E-state index contributed by atoms with van der Waals surface area (Å²) in [6.45, 7) is 7.02. The quantitative estimate of drug-likeness (QED) is 0.304. The van der Waals surface area contributed by atoms with Gasteiger partial charge in [0.05, 0.1) is 17.4 Å². The lowest BCUT2D eigenvalue weighted by Crippen LogP contribution is -2.54. The van der Waals surface area contributed by atoms with E-state index in [1.54, 1.807) is 13.8 Å². The van der Waals surface area contributed by atoms with Crippen LogP contribution in [0.4, 0.5) is 0 Å². The van der Waals surface area contributed by atoms with Crippen LogP contribution in [-0.4, -0.2) is 11.8 Å². The van der Waals surface area contributed by atoms with Crippen molar-refractivity contribution < 1.29 is 9.59 Å². The van der Waals surface area contributed by atoms with Gasteiger partial charge in [0, 0.05) is 6.42 Å². The average molecular weight is 269 g/mol. The topological polar surface area (TPSA) is 134 Å². The van der Waals surface area contributed by atoms with Gasteiger partial charge in [-0.2, -0.15) is 5.26 Å². The first kappa shape index (κ1) is 17.4. The van der Waals surface area contributed by atoms with Gasteiger partial charge in [-0.3, -0.25) is 20.4 Å². The Kier molecular flexibility index (Phi) is 5.93. The van der Waals surface area contributed by atoms with E-state index in [0.717, 1.165) is 0 Å². The summed E-state index contributed by atoms with van der Waals surface area (Å²) in [5.41, 5.74) is 2.55. The molecule has 0 saturated heterocycles. The molecule has 0 rings (SSSR count). The predicted octanol–water partition coefficient (Wildman–Crippen LogP) is -0.0614. The van der Waals surface area contributed by atoms with Gasteiger partial charge in [0.2, 0.25) is 11.8 Å². The molecular formula is C12H23N5O2. The molecule has 19 heavy (non-hydrogen) atoms. The minimum Gasteiger partial charge on any atom is -0.294 e. The first-order chi connectivity index (χ1) is 8.67. The zero-order valence-corrected chi connectivity index (χ0v) is 11.9. The van der Waals surface area contributed by atoms with Crippen LogP contribution in [0.15, 0.2) is 0 Å². The number of carbonyl (C=O) groups is 2. The van der Waals surface area contributed by atoms with E-state index in [0.29, 0.717) is 6.42 Å². The molecule has 0 spiro atoms. The molecule has 7 heteroatoms. The Morgan fingerprint density at radius 3 is 2.16 bits per heavy atom. The van der Waals surface area contributed by atoms with Crippen LogP contribution in [-0.2, 0) is 9.59 Å². The number of rotatable bonds is 6. The molecule has 2 atom stereocenters. The number of hydrazine groups is 2. The zero-order valence-electron chi connectivity index (χ0n) is 11.9. The van der Waals surface area contributed by atoms with Crippen LogP contribution in [0.2, 0.25) is 0 Å². The van der Waals surface area contributed by atoms with Gasteiger partial charge in [-0.25, -0.2) is 11.7 Å². The average Bonchev–Trinajstić information content (AvgIpc) is 2.41. The SMILES string of the molecule is CC(C#N)C(C)(C(=O)NN)C(C)(C)CCC(=O)NN. The van der Waals surface area contributed by atoms with Crippen molar-refractivity contribution in [2.75, 3.05) is 0 Å². The van der Waals surface area contributed by atoms with Gasteiger partial charge in [-0.05, 0) is 25.7 Å². The maximum atomic E-state index is 12.1. The highest BCUT2D eigenvalue weighted by molar-refractivity contribution is 5.83. The fraction of sp³-hybridized carbons (Fsp3) is 0.750. The molecule has 6 N–H and O–H groups in total. The molecule has 2 amide bonds. The highest BCUT2D eigenvalue weighted by Gasteiger charge is 2.50. The van der Waals surface area contributed by atoms with Crippen molar-refractivity contribution >= 4 is 11.8 Å². The van der Waals surface area contributed by atoms with E-state index in [-0.39, 0.29) is 12.3 Å². The molecule has 0 saturated carbocycles. The van der Waals surface area contributed by atoms with E-state index in [1.165, 1.54) is 0 Å². The molecule has 0 heterocycles. The van der Waals surface area contributed by atoms with Crippen LogP contribution in [0.5, 0.6) is 0 Å². The Morgan fingerprint density at radius 1 is 1.26 bits per heavy atom. The number of hydrogen-bond donors (Lipinski definition) is 4. The van der Waals surface area contributed by atoms with E-state index in [2.05, 4.69) is 11.5 Å². The molecule has 0 bridgehead atoms. The maximum absolute atomic E-state index is 12.1. The van der Waals surface area contributed by atoms with Crippen LogP contribution in [0.3, 0.4) is 0 Å². The molecule has 0 aromatic rings. The summed E-state index contributed by atoms with van der Waals surface area (Å²) < 4.78 is 0. The van der Waals surface area contributed by atoms with Crippen molar-refractivity contribution in [3.05, 3.63) is 0 Å². The second-order valence-corrected chi connectivity index (χ2v) is 5.48. The lowest BCUT2D eigenvalue weighted by molar-refractivity contribution is -0.141. The fourth-order valence-electron chi connectivity index (χ4n) is 2.13. The normalized spacial score (nSPS) is 15.8. The lowest BCUT2D eigenvalue weighted by atomic mass is 9.58. The van der Waals surface area contributed by atoms with Crippen molar-refractivity contribution in [2.24, 2.45) is 28.4 Å². The summed E-state index contributed by atoms with van der Waals surface area (Å²) in [7, 11) is 0. The highest BCUT2D eigenvalue weighted by atomic mass is 16.2. The molecule has 0 aromatic heterocycles. The molecule has 7 nitrogen and oxygen atoms in total. The van der Waals surface area contributed by atoms with Gasteiger partial charge in [-0.1, -0.05) is 13.8 Å². The number of hydrogen-bond acceptors (Lipinski definition) is 5. The maximum Gasteiger partial charge on any atom is 0.241 e. The number of nitrogens with zero attached hydrogens (tertiary/aromatic N) is 1. The number of nitriles is 1. The standard InChI is InChI=1S/C12H23N5O2/c1-8(7-13)12(4,10(19)17-15)11(2,3)6-5-9(18)16-14/h8H,5-6,14-15H2,1-4H3,(H,16,18)(H,17,19). The van der Waals surface area contributed by atoms with Crippen molar-refractivity contribution in [3.63, 3.8) is 0 Å². The van der Waals surface area contributed by atoms with Gasteiger partial charge >= 0.3 is 0 Å². The third-order valence-electron chi connectivity index (χ3n) is 4.21. The molecule has 0 aliphatic rings. The van der Waals surface area contributed by atoms with E-state index >= 15 is 0 Å². The highest BCUT2D eigenvalue weighted by Crippen LogP contribution is 2.47. The molecule has 0 aromatic carbocycles. The van der Waals surface area contributed by atoms with E-state index in [4.69, 9.17) is 16.9 Å². The predicted molar refractivity (Wildman–Crippen MR) is 70.6 cm³/mol. The van der Waals surface area contributed by atoms with Gasteiger partial charge in [0.1, 0.15) is 0 Å². The van der Waals surface area contributed by atoms with Crippen LogP contribution < -0.4 is 22.5 Å². The Hall–Kier alpha value is -1.65. The minimum atomic E-state index is -1.01. The second-order valence-electron chi connectivity index (χ2n) is 5.48. The minimum absolute atomic E-state index is 0.176. The van der Waals surface area contributed by atoms with Crippen molar-refractivity contribution in [1.82, 2.24) is 10.9 Å². The molecule has 0 fully saturated rings. The summed E-state index contributed by atoms with van der Waals surface area (Å²) in [6.07, 6.45) is 0.584. The first-order valence-electron chi connectivity index (χ1n) is 6.07. The molecule has 0 aliphatic heterocycles. The Labute approximate surface area is 113 Å². The van der Waals surface area contributed by atoms with Gasteiger partial charge in [-0.15, -0.1) is 0 Å². The number of carbonyl (C=O) groups excluding carboxylic acids is 2. The monoisotopic (exact) mass is 269 g/mol. The molecular weight excluding hydrogens is 246 g/mol. The first-order valence-corrected chi connectivity index (χ1v) is 6.07. The second kappa shape index (κ2) is 6.50. The number of nitrogens with one attached hydrogen (secondary N) is 2. The number of amides is 2. The van der Waals surface area contributed by atoms with Crippen molar-refractivity contribution in [2.45, 2.75) is 40.5 Å². The Morgan fingerprint density at radius 2 is 1.79 bits per heavy atom. The molecule has 2 unspecified atom stereocenters. The number of nitrogens with two attached hydrogens (primary N) is 2. The van der Waals surface area contributed by atoms with Gasteiger partial charge < -0.3 is 0 Å². The molecule has 0 radical (unpaired) electrons. The van der Waals surface area contributed by atoms with E-state index in [1.807, 2.05) is 19.3 Å². The van der Waals surface area contributed by atoms with Crippen LogP contribution in [0.1, 0.15) is 40.5 Å². The van der Waals surface area contributed by atoms with Gasteiger partial charge in [0.15, 0.2) is 0 Å². The lowest BCUT2D eigenvalue weighted by Gasteiger charge is -2.44. The third-order valence-corrected chi connectivity index (χ3v) is 4.21. The van der Waals surface area contributed by atoms with E-state index in [9.17, 15) is 9.59 Å². The largest absolute Gasteiger partial charge is 0.294 e. The smallest absolute Gasteiger partial charge is 0.241 e. The van der Waals surface area contributed by atoms with Gasteiger partial charge in [0.25, 0.3) is 0 Å². The summed E-state index contributed by atoms with van der Waals surface area (Å²) in [5.74, 6) is 8.97. The van der Waals surface area contributed by atoms with Crippen molar-refractivity contribution in [3.8, 4) is 6.07 Å². The fourth-order valence-corrected chi connectivity index (χ4v) is 2.13. The summed E-state index contributed by atoms with van der Waals surface area (Å²) in [6, 6.07) is 2.09. The van der Waals surface area contributed by atoms with E-state index < -0.39 is 22.7 Å². The summed E-state index contributed by atoms with van der Waals surface area (Å²) in [4.78, 5) is 23.3. The van der Waals surface area contributed by atoms with Crippen LogP contribution >= 0.6 is 0 Å². The summed E-state index contributed by atoms with van der Waals surface area (Å²) in [5, 5.41) is 9.13.